The van der Waals surface area contributed by atoms with E-state index in [1.165, 1.54) is 55.7 Å². The van der Waals surface area contributed by atoms with Crippen molar-refractivity contribution in [3.8, 4) is 16.9 Å². The van der Waals surface area contributed by atoms with Crippen LogP contribution in [0.5, 0.6) is 5.75 Å². The highest BCUT2D eigenvalue weighted by Crippen LogP contribution is 2.36. The van der Waals surface area contributed by atoms with Gasteiger partial charge < -0.3 is 4.74 Å². The maximum Gasteiger partial charge on any atom is 0.387 e. The average molecular weight is 499 g/mol. The number of hydrazone groups is 1. The summed E-state index contributed by atoms with van der Waals surface area (Å²) >= 11 is 0. The number of nitrogens with zero attached hydrogens (tertiary/aromatic N) is 3. The number of hydrogen-bond donors (Lipinski definition) is 0. The Morgan fingerprint density at radius 2 is 1.92 bits per heavy atom. The quantitative estimate of drug-likeness (QED) is 0.298. The smallest absolute Gasteiger partial charge is 0.387 e. The van der Waals surface area contributed by atoms with Crippen LogP contribution < -0.4 is 9.75 Å². The lowest BCUT2D eigenvalue weighted by Gasteiger charge is -2.17. The SMILES string of the molecule is CC1=NN(c2ccc(OC(F)F)c(-c3cccnc3)c2)C(=O)C1C(=O)Cc1cccc(C(C)(F)F)c1. The van der Waals surface area contributed by atoms with E-state index in [9.17, 15) is 27.2 Å². The van der Waals surface area contributed by atoms with Crippen LogP contribution in [-0.4, -0.2) is 29.0 Å². The number of pyridine rings is 1. The second kappa shape index (κ2) is 9.88. The number of anilines is 1. The van der Waals surface area contributed by atoms with E-state index in [4.69, 9.17) is 0 Å². The minimum Gasteiger partial charge on any atom is -0.434 e. The standard InChI is InChI=1S/C26H21F4N3O3/c1-15-23(21(34)12-16-5-3-7-18(11-16)26(2,29)30)24(35)33(32-15)19-8-9-22(36-25(27)28)20(13-19)17-6-4-10-31-14-17/h3-11,13-14,23,25H,12H2,1-2H3. The number of carbonyl (C=O) groups excluding carboxylic acids is 2. The maximum absolute atomic E-state index is 13.7. The van der Waals surface area contributed by atoms with Crippen LogP contribution in [-0.2, 0) is 21.9 Å². The fourth-order valence-electron chi connectivity index (χ4n) is 3.98. The first-order valence-electron chi connectivity index (χ1n) is 10.9. The van der Waals surface area contributed by atoms with Gasteiger partial charge in [-0.15, -0.1) is 0 Å². The molecule has 1 atom stereocenters. The summed E-state index contributed by atoms with van der Waals surface area (Å²) in [5.74, 6) is -5.51. The predicted octanol–water partition coefficient (Wildman–Crippen LogP) is 5.61. The van der Waals surface area contributed by atoms with E-state index in [1.54, 1.807) is 18.2 Å². The van der Waals surface area contributed by atoms with Crippen LogP contribution in [0.1, 0.15) is 25.0 Å². The van der Waals surface area contributed by atoms with Gasteiger partial charge in [-0.1, -0.05) is 24.3 Å². The van der Waals surface area contributed by atoms with Crippen LogP contribution in [0, 0.1) is 5.92 Å². The Balaban J connectivity index is 1.60. The van der Waals surface area contributed by atoms with Gasteiger partial charge in [0.15, 0.2) is 5.78 Å². The van der Waals surface area contributed by atoms with Crippen LogP contribution in [0.2, 0.25) is 0 Å². The molecule has 0 saturated carbocycles. The van der Waals surface area contributed by atoms with Crippen LogP contribution in [0.15, 0.2) is 72.1 Å². The van der Waals surface area contributed by atoms with Crippen molar-refractivity contribution in [1.29, 1.82) is 0 Å². The largest absolute Gasteiger partial charge is 0.434 e. The molecule has 6 nitrogen and oxygen atoms in total. The van der Waals surface area contributed by atoms with Crippen molar-refractivity contribution in [2.24, 2.45) is 11.0 Å². The number of ketones is 1. The van der Waals surface area contributed by atoms with E-state index in [0.29, 0.717) is 11.1 Å². The summed E-state index contributed by atoms with van der Waals surface area (Å²) in [5.41, 5.74) is 1.33. The highest BCUT2D eigenvalue weighted by Gasteiger charge is 2.39. The Morgan fingerprint density at radius 1 is 1.14 bits per heavy atom. The highest BCUT2D eigenvalue weighted by molar-refractivity contribution is 6.27. The first-order chi connectivity index (χ1) is 17.0. The second-order valence-electron chi connectivity index (χ2n) is 8.36. The summed E-state index contributed by atoms with van der Waals surface area (Å²) in [4.78, 5) is 30.2. The van der Waals surface area contributed by atoms with Gasteiger partial charge in [0.25, 0.3) is 11.8 Å². The molecule has 0 fully saturated rings. The normalized spacial score (nSPS) is 15.9. The molecule has 0 bridgehead atoms. The molecule has 186 valence electrons. The Kier molecular flexibility index (Phi) is 6.87. The first-order valence-corrected chi connectivity index (χ1v) is 10.9. The Bertz CT molecular complexity index is 1320. The Labute approximate surface area is 204 Å². The van der Waals surface area contributed by atoms with Gasteiger partial charge in [0.1, 0.15) is 11.7 Å². The number of hydrogen-bond acceptors (Lipinski definition) is 5. The minimum absolute atomic E-state index is 0.116. The second-order valence-corrected chi connectivity index (χ2v) is 8.36. The van der Waals surface area contributed by atoms with Crippen molar-refractivity contribution in [3.05, 3.63) is 78.1 Å². The molecule has 0 spiro atoms. The maximum atomic E-state index is 13.7. The number of rotatable bonds is 8. The third-order valence-corrected chi connectivity index (χ3v) is 5.66. The van der Waals surface area contributed by atoms with Crippen molar-refractivity contribution in [2.75, 3.05) is 5.01 Å². The van der Waals surface area contributed by atoms with Gasteiger partial charge in [-0.3, -0.25) is 14.6 Å². The third-order valence-electron chi connectivity index (χ3n) is 5.66. The Hall–Kier alpha value is -4.08. The number of carbonyl (C=O) groups is 2. The van der Waals surface area contributed by atoms with Gasteiger partial charge in [0, 0.05) is 42.4 Å². The highest BCUT2D eigenvalue weighted by atomic mass is 19.3. The molecule has 0 saturated heterocycles. The number of alkyl halides is 4. The number of aromatic nitrogens is 1. The van der Waals surface area contributed by atoms with Crippen LogP contribution in [0.25, 0.3) is 11.1 Å². The van der Waals surface area contributed by atoms with Gasteiger partial charge in [-0.25, -0.2) is 8.78 Å². The molecule has 10 heteroatoms. The van der Waals surface area contributed by atoms with E-state index in [1.807, 2.05) is 0 Å². The zero-order valence-electron chi connectivity index (χ0n) is 19.3. The van der Waals surface area contributed by atoms with E-state index in [0.717, 1.165) is 11.9 Å². The van der Waals surface area contributed by atoms with Crippen molar-refractivity contribution in [3.63, 3.8) is 0 Å². The third kappa shape index (κ3) is 5.27. The van der Waals surface area contributed by atoms with Crippen LogP contribution in [0.4, 0.5) is 23.2 Å². The van der Waals surface area contributed by atoms with E-state index < -0.39 is 30.1 Å². The molecule has 2 heterocycles. The molecule has 1 aromatic heterocycles. The molecular formula is C26H21F4N3O3. The number of benzene rings is 2. The van der Waals surface area contributed by atoms with Gasteiger partial charge in [-0.2, -0.15) is 18.9 Å². The van der Waals surface area contributed by atoms with Gasteiger partial charge in [0.05, 0.1) is 11.4 Å². The number of halogens is 4. The lowest BCUT2D eigenvalue weighted by molar-refractivity contribution is -0.128. The molecule has 0 aliphatic carbocycles. The monoisotopic (exact) mass is 499 g/mol. The molecule has 1 aliphatic rings. The lowest BCUT2D eigenvalue weighted by Crippen LogP contribution is -2.33. The molecule has 4 rings (SSSR count). The number of ether oxygens (including phenoxy) is 1. The summed E-state index contributed by atoms with van der Waals surface area (Å²) in [6, 6.07) is 12.9. The first kappa shape index (κ1) is 25.0. The summed E-state index contributed by atoms with van der Waals surface area (Å²) in [7, 11) is 0. The van der Waals surface area contributed by atoms with E-state index >= 15 is 0 Å². The van der Waals surface area contributed by atoms with E-state index in [2.05, 4.69) is 14.8 Å². The van der Waals surface area contributed by atoms with Crippen LogP contribution >= 0.6 is 0 Å². The molecule has 36 heavy (non-hydrogen) atoms. The fourth-order valence-corrected chi connectivity index (χ4v) is 3.98. The summed E-state index contributed by atoms with van der Waals surface area (Å²) in [6.07, 6.45) is 2.74. The average Bonchev–Trinajstić information content (AvgIpc) is 3.13. The summed E-state index contributed by atoms with van der Waals surface area (Å²) in [6.45, 7) is -0.776. The molecule has 1 aliphatic heterocycles. The minimum atomic E-state index is -3.07. The van der Waals surface area contributed by atoms with E-state index in [-0.39, 0.29) is 34.7 Å². The lowest BCUT2D eigenvalue weighted by atomic mass is 9.93. The van der Waals surface area contributed by atoms with Crippen molar-refractivity contribution < 1.29 is 31.9 Å². The molecule has 3 aromatic rings. The van der Waals surface area contributed by atoms with Crippen LogP contribution in [0.3, 0.4) is 0 Å². The molecule has 1 unspecified atom stereocenters. The van der Waals surface area contributed by atoms with Gasteiger partial charge in [-0.05, 0) is 42.8 Å². The molecule has 0 radical (unpaired) electrons. The number of amides is 1. The summed E-state index contributed by atoms with van der Waals surface area (Å²) < 4.78 is 57.8. The zero-order chi connectivity index (χ0) is 26.0. The topological polar surface area (TPSA) is 71.9 Å². The zero-order valence-corrected chi connectivity index (χ0v) is 19.3. The molecule has 2 aromatic carbocycles. The summed E-state index contributed by atoms with van der Waals surface area (Å²) in [5, 5.41) is 5.25. The van der Waals surface area contributed by atoms with Gasteiger partial charge >= 0.3 is 6.61 Å². The Morgan fingerprint density at radius 3 is 2.58 bits per heavy atom. The molecular weight excluding hydrogens is 478 g/mol. The van der Waals surface area contributed by atoms with Crippen molar-refractivity contribution >= 4 is 23.1 Å². The molecule has 1 amide bonds. The predicted molar refractivity (Wildman–Crippen MR) is 125 cm³/mol. The number of Topliss-reactive ketones (excluding diaryl/α,β-unsaturated/α-hetero) is 1. The van der Waals surface area contributed by atoms with Crippen molar-refractivity contribution in [1.82, 2.24) is 4.98 Å². The molecule has 0 N–H and O–H groups in total. The van der Waals surface area contributed by atoms with Gasteiger partial charge in [0.2, 0.25) is 0 Å². The van der Waals surface area contributed by atoms with Crippen molar-refractivity contribution in [2.45, 2.75) is 32.8 Å². The fraction of sp³-hybridized carbons (Fsp3) is 0.231.